The number of esters is 1. The van der Waals surface area contributed by atoms with Gasteiger partial charge in [0, 0.05) is 27.9 Å². The van der Waals surface area contributed by atoms with Gasteiger partial charge in [-0.15, -0.1) is 23.1 Å². The van der Waals surface area contributed by atoms with E-state index in [-0.39, 0.29) is 24.8 Å². The van der Waals surface area contributed by atoms with Gasteiger partial charge < -0.3 is 4.74 Å². The van der Waals surface area contributed by atoms with Gasteiger partial charge in [-0.1, -0.05) is 64.5 Å². The minimum atomic E-state index is -0.351. The van der Waals surface area contributed by atoms with E-state index in [0.717, 1.165) is 19.9 Å². The first-order chi connectivity index (χ1) is 20.9. The van der Waals surface area contributed by atoms with Crippen molar-refractivity contribution in [3.63, 3.8) is 0 Å². The minimum absolute atomic E-state index is 0.00983. The summed E-state index contributed by atoms with van der Waals surface area (Å²) in [4.78, 5) is 27.5. The topological polar surface area (TPSA) is 47.3 Å². The fourth-order valence-corrected chi connectivity index (χ4v) is 8.17. The monoisotopic (exact) mass is 666 g/mol. The van der Waals surface area contributed by atoms with Crippen LogP contribution in [0.4, 0.5) is 0 Å². The first kappa shape index (κ1) is 29.3. The summed E-state index contributed by atoms with van der Waals surface area (Å²) >= 11 is 6.63. The lowest BCUT2D eigenvalue weighted by molar-refractivity contribution is -0.598. The molecule has 0 aliphatic carbocycles. The Balaban J connectivity index is 1.51. The molecular formula is C36H29BrNO3S2+. The molecule has 0 aliphatic rings. The van der Waals surface area contributed by atoms with Crippen molar-refractivity contribution in [3.05, 3.63) is 135 Å². The maximum Gasteiger partial charge on any atom is 0.310 e. The van der Waals surface area contributed by atoms with Crippen LogP contribution in [0.3, 0.4) is 0 Å². The maximum atomic E-state index is 14.0. The number of hydrogen-bond acceptors (Lipinski definition) is 5. The van der Waals surface area contributed by atoms with E-state index < -0.39 is 0 Å². The number of hydrogen-bond donors (Lipinski definition) is 0. The van der Waals surface area contributed by atoms with E-state index in [2.05, 4.69) is 70.5 Å². The summed E-state index contributed by atoms with van der Waals surface area (Å²) in [5.74, 6) is 0.246. The highest BCUT2D eigenvalue weighted by Gasteiger charge is 2.32. The van der Waals surface area contributed by atoms with Gasteiger partial charge >= 0.3 is 5.97 Å². The largest absolute Gasteiger partial charge is 0.466 e. The molecule has 6 rings (SSSR count). The third kappa shape index (κ3) is 6.16. The molecule has 7 heteroatoms. The Morgan fingerprint density at radius 2 is 1.49 bits per heavy atom. The molecule has 0 saturated carbocycles. The van der Waals surface area contributed by atoms with E-state index >= 15 is 0 Å². The second-order valence-electron chi connectivity index (χ2n) is 10.2. The predicted molar refractivity (Wildman–Crippen MR) is 180 cm³/mol. The number of aromatic nitrogens is 1. The number of thiophene rings is 1. The van der Waals surface area contributed by atoms with Crippen LogP contribution in [-0.2, 0) is 21.7 Å². The number of pyridine rings is 1. The molecule has 0 aliphatic heterocycles. The van der Waals surface area contributed by atoms with Crippen LogP contribution in [0.25, 0.3) is 27.2 Å². The number of carbonyl (C=O) groups excluding carboxylic acids is 2. The van der Waals surface area contributed by atoms with Gasteiger partial charge in [0.2, 0.25) is 11.5 Å². The van der Waals surface area contributed by atoms with E-state index in [1.165, 1.54) is 38.4 Å². The molecule has 6 aromatic rings. The molecule has 4 nitrogen and oxygen atoms in total. The summed E-state index contributed by atoms with van der Waals surface area (Å²) in [6.07, 6.45) is 4.00. The highest BCUT2D eigenvalue weighted by atomic mass is 79.9. The quantitative estimate of drug-likeness (QED) is 0.0508. The lowest BCUT2D eigenvalue weighted by Crippen LogP contribution is -2.31. The van der Waals surface area contributed by atoms with Gasteiger partial charge in [0.05, 0.1) is 23.5 Å². The van der Waals surface area contributed by atoms with Crippen molar-refractivity contribution in [1.82, 2.24) is 0 Å². The zero-order chi connectivity index (χ0) is 29.9. The SMILES string of the molecule is CCOC(=O)Cc1c(C(=O)c2ccc(Br)cc2)sc(SCc2c3ccccc3cc3ccccc23)c1-[n+]1ccc(C)cc1. The van der Waals surface area contributed by atoms with E-state index in [1.807, 2.05) is 60.3 Å². The van der Waals surface area contributed by atoms with Gasteiger partial charge in [-0.05, 0) is 76.9 Å². The summed E-state index contributed by atoms with van der Waals surface area (Å²) < 4.78 is 9.28. The third-order valence-electron chi connectivity index (χ3n) is 7.37. The van der Waals surface area contributed by atoms with Crippen molar-refractivity contribution >= 4 is 72.3 Å². The number of carbonyl (C=O) groups is 2. The number of ketones is 1. The molecule has 0 radical (unpaired) electrons. The van der Waals surface area contributed by atoms with Crippen LogP contribution < -0.4 is 4.57 Å². The third-order valence-corrected chi connectivity index (χ3v) is 10.4. The van der Waals surface area contributed by atoms with Gasteiger partial charge in [0.15, 0.2) is 12.4 Å². The molecule has 4 aromatic carbocycles. The van der Waals surface area contributed by atoms with Crippen LogP contribution in [0.2, 0.25) is 0 Å². The Hall–Kier alpha value is -3.78. The van der Waals surface area contributed by atoms with Gasteiger partial charge in [-0.2, -0.15) is 4.57 Å². The molecule has 0 N–H and O–H groups in total. The number of thioether (sulfide) groups is 1. The summed E-state index contributed by atoms with van der Waals surface area (Å²) in [7, 11) is 0. The zero-order valence-electron chi connectivity index (χ0n) is 23.8. The number of ether oxygens (including phenoxy) is 1. The summed E-state index contributed by atoms with van der Waals surface area (Å²) in [6, 6.07) is 30.6. The van der Waals surface area contributed by atoms with E-state index in [9.17, 15) is 9.59 Å². The number of benzene rings is 4. The molecular weight excluding hydrogens is 638 g/mol. The normalized spacial score (nSPS) is 11.2. The molecule has 43 heavy (non-hydrogen) atoms. The van der Waals surface area contributed by atoms with Crippen molar-refractivity contribution in [3.8, 4) is 5.69 Å². The highest BCUT2D eigenvalue weighted by Crippen LogP contribution is 2.42. The Kier molecular flexibility index (Phi) is 8.75. The first-order valence-corrected chi connectivity index (χ1v) is 16.6. The van der Waals surface area contributed by atoms with Crippen molar-refractivity contribution < 1.29 is 18.9 Å². The van der Waals surface area contributed by atoms with Crippen LogP contribution in [0.15, 0.2) is 112 Å². The summed E-state index contributed by atoms with van der Waals surface area (Å²) in [5, 5.41) is 4.83. The Labute approximate surface area is 267 Å². The van der Waals surface area contributed by atoms with Crippen LogP contribution >= 0.6 is 39.0 Å². The Morgan fingerprint density at radius 1 is 0.860 bits per heavy atom. The number of fused-ring (bicyclic) bond motifs is 2. The molecule has 0 atom stereocenters. The van der Waals surface area contributed by atoms with E-state index in [1.54, 1.807) is 18.7 Å². The molecule has 0 saturated heterocycles. The number of rotatable bonds is 9. The minimum Gasteiger partial charge on any atom is -0.466 e. The average Bonchev–Trinajstić information content (AvgIpc) is 3.37. The Morgan fingerprint density at radius 3 is 2.12 bits per heavy atom. The summed E-state index contributed by atoms with van der Waals surface area (Å²) in [6.45, 7) is 4.12. The number of halogens is 1. The van der Waals surface area contributed by atoms with Gasteiger partial charge in [0.25, 0.3) is 0 Å². The second-order valence-corrected chi connectivity index (χ2v) is 13.4. The fraction of sp³-hybridized carbons (Fsp3) is 0.139. The lowest BCUT2D eigenvalue weighted by Gasteiger charge is -2.11. The standard InChI is InChI=1S/C36H29BrNO3S2/c1-3-41-32(39)21-30-33(38-18-16-23(2)17-19-38)36(43-35(30)34(40)24-12-14-27(37)15-13-24)42-22-31-28-10-6-4-8-25(28)20-26-9-5-7-11-29(26)31/h4-20H,3,21-22H2,1-2H3/q+1. The molecule has 0 fully saturated rings. The molecule has 0 bridgehead atoms. The van der Waals surface area contributed by atoms with E-state index in [0.29, 0.717) is 21.8 Å². The molecule has 0 unspecified atom stereocenters. The van der Waals surface area contributed by atoms with Crippen molar-refractivity contribution in [1.29, 1.82) is 0 Å². The number of aryl methyl sites for hydroxylation is 1. The Bertz CT molecular complexity index is 1910. The van der Waals surface area contributed by atoms with Crippen LogP contribution in [0, 0.1) is 6.92 Å². The summed E-state index contributed by atoms with van der Waals surface area (Å²) in [5.41, 5.74) is 4.50. The molecule has 2 aromatic heterocycles. The van der Waals surface area contributed by atoms with Crippen LogP contribution in [0.1, 0.15) is 38.8 Å². The second kappa shape index (κ2) is 12.8. The van der Waals surface area contributed by atoms with Crippen molar-refractivity contribution in [2.45, 2.75) is 30.2 Å². The number of nitrogens with zero attached hydrogens (tertiary/aromatic N) is 1. The van der Waals surface area contributed by atoms with Crippen LogP contribution in [0.5, 0.6) is 0 Å². The first-order valence-electron chi connectivity index (χ1n) is 14.0. The van der Waals surface area contributed by atoms with Gasteiger partial charge in [-0.25, -0.2) is 0 Å². The van der Waals surface area contributed by atoms with E-state index in [4.69, 9.17) is 4.74 Å². The van der Waals surface area contributed by atoms with Crippen molar-refractivity contribution in [2.75, 3.05) is 6.61 Å². The maximum absolute atomic E-state index is 14.0. The highest BCUT2D eigenvalue weighted by molar-refractivity contribution is 9.10. The van der Waals surface area contributed by atoms with Gasteiger partial charge in [-0.3, -0.25) is 9.59 Å². The molecule has 2 heterocycles. The average molecular weight is 668 g/mol. The fourth-order valence-electron chi connectivity index (χ4n) is 5.28. The molecule has 0 spiro atoms. The smallest absolute Gasteiger partial charge is 0.310 e. The molecule has 0 amide bonds. The zero-order valence-corrected chi connectivity index (χ0v) is 27.0. The van der Waals surface area contributed by atoms with Crippen molar-refractivity contribution in [2.24, 2.45) is 0 Å². The van der Waals surface area contributed by atoms with Gasteiger partial charge in [0.1, 0.15) is 4.21 Å². The predicted octanol–water partition coefficient (Wildman–Crippen LogP) is 9.03. The molecule has 214 valence electrons. The van der Waals surface area contributed by atoms with Crippen LogP contribution in [-0.4, -0.2) is 18.4 Å². The lowest BCUT2D eigenvalue weighted by atomic mass is 9.98.